The highest BCUT2D eigenvalue weighted by molar-refractivity contribution is 5.48. The van der Waals surface area contributed by atoms with Gasteiger partial charge in [-0.3, -0.25) is 0 Å². The molecule has 2 aromatic rings. The number of hydrogen-bond acceptors (Lipinski definition) is 5. The Kier molecular flexibility index (Phi) is 9.72. The molecule has 0 atom stereocenters. The van der Waals surface area contributed by atoms with Crippen molar-refractivity contribution in [3.63, 3.8) is 0 Å². The quantitative estimate of drug-likeness (QED) is 0.640. The first-order valence-corrected chi connectivity index (χ1v) is 10.00. The van der Waals surface area contributed by atoms with Crippen molar-refractivity contribution in [2.45, 2.75) is 13.2 Å². The maximum atomic E-state index is 5.75. The van der Waals surface area contributed by atoms with Gasteiger partial charge in [-0.25, -0.2) is 0 Å². The van der Waals surface area contributed by atoms with E-state index in [1.165, 1.54) is 0 Å². The lowest BCUT2D eigenvalue weighted by atomic mass is 10.1. The summed E-state index contributed by atoms with van der Waals surface area (Å²) in [7, 11) is 0. The van der Waals surface area contributed by atoms with Crippen LogP contribution in [0.5, 0.6) is 0 Å². The van der Waals surface area contributed by atoms with E-state index in [0.717, 1.165) is 22.3 Å². The molecule has 0 amide bonds. The first-order valence-electron chi connectivity index (χ1n) is 10.00. The average molecular weight is 396 g/mol. The molecule has 0 aliphatic carbocycles. The van der Waals surface area contributed by atoms with E-state index in [1.807, 2.05) is 48.5 Å². The molecule has 0 fully saturated rings. The SMILES string of the molecule is C1#Cc2ccccc2COCCOCCOCCOCCOCc2ccccc21. The normalized spacial score (nSPS) is 17.7. The Morgan fingerprint density at radius 2 is 0.793 bits per heavy atom. The summed E-state index contributed by atoms with van der Waals surface area (Å²) >= 11 is 0. The maximum Gasteiger partial charge on any atom is 0.0730 e. The fraction of sp³-hybridized carbons (Fsp3) is 0.417. The molecule has 1 heterocycles. The number of rotatable bonds is 0. The van der Waals surface area contributed by atoms with Crippen molar-refractivity contribution in [3.8, 4) is 11.8 Å². The third kappa shape index (κ3) is 7.98. The highest BCUT2D eigenvalue weighted by Crippen LogP contribution is 2.12. The zero-order valence-corrected chi connectivity index (χ0v) is 16.7. The second kappa shape index (κ2) is 13.1. The molecular weight excluding hydrogens is 368 g/mol. The minimum Gasteiger partial charge on any atom is -0.377 e. The van der Waals surface area contributed by atoms with Crippen LogP contribution in [0.25, 0.3) is 0 Å². The largest absolute Gasteiger partial charge is 0.377 e. The van der Waals surface area contributed by atoms with Crippen molar-refractivity contribution in [2.75, 3.05) is 52.9 Å². The predicted molar refractivity (Wildman–Crippen MR) is 111 cm³/mol. The second-order valence-corrected chi connectivity index (χ2v) is 6.51. The number of benzene rings is 2. The molecule has 0 aromatic heterocycles. The standard InChI is InChI=1S/C24H28O5/c1-3-7-23-19-28-17-15-26-13-11-25-12-14-27-16-18-29-20-24-8-4-2-6-22(24)10-9-21(23)5-1/h1-8H,11-20H2. The molecular formula is C24H28O5. The molecule has 0 unspecified atom stereocenters. The van der Waals surface area contributed by atoms with Gasteiger partial charge in [-0.2, -0.15) is 0 Å². The number of fused-ring (bicyclic) bond motifs is 2. The summed E-state index contributed by atoms with van der Waals surface area (Å²) in [5, 5.41) is 0. The van der Waals surface area contributed by atoms with Crippen molar-refractivity contribution in [1.82, 2.24) is 0 Å². The highest BCUT2D eigenvalue weighted by Gasteiger charge is 2.02. The summed E-state index contributed by atoms with van der Waals surface area (Å²) in [5.74, 6) is 6.58. The van der Waals surface area contributed by atoms with Gasteiger partial charge in [-0.1, -0.05) is 48.2 Å². The molecule has 0 radical (unpaired) electrons. The topological polar surface area (TPSA) is 46.2 Å². The Morgan fingerprint density at radius 1 is 0.448 bits per heavy atom. The van der Waals surface area contributed by atoms with E-state index >= 15 is 0 Å². The van der Waals surface area contributed by atoms with Crippen LogP contribution in [0.2, 0.25) is 0 Å². The van der Waals surface area contributed by atoms with E-state index in [9.17, 15) is 0 Å². The molecule has 1 aliphatic rings. The molecule has 0 N–H and O–H groups in total. The van der Waals surface area contributed by atoms with Crippen LogP contribution < -0.4 is 0 Å². The van der Waals surface area contributed by atoms with Gasteiger partial charge in [-0.05, 0) is 23.3 Å². The molecule has 0 saturated carbocycles. The van der Waals surface area contributed by atoms with Gasteiger partial charge in [0.1, 0.15) is 0 Å². The molecule has 29 heavy (non-hydrogen) atoms. The molecule has 2 aromatic carbocycles. The Morgan fingerprint density at radius 3 is 1.21 bits per heavy atom. The summed E-state index contributed by atoms with van der Waals surface area (Å²) in [5.41, 5.74) is 4.08. The predicted octanol–water partition coefficient (Wildman–Crippen LogP) is 3.18. The van der Waals surface area contributed by atoms with Crippen molar-refractivity contribution in [1.29, 1.82) is 0 Å². The van der Waals surface area contributed by atoms with Crippen LogP contribution in [0, 0.1) is 11.8 Å². The van der Waals surface area contributed by atoms with Crippen LogP contribution >= 0.6 is 0 Å². The molecule has 0 bridgehead atoms. The minimum absolute atomic E-state index is 0.507. The molecule has 5 nitrogen and oxygen atoms in total. The molecule has 0 saturated heterocycles. The van der Waals surface area contributed by atoms with Gasteiger partial charge < -0.3 is 23.7 Å². The zero-order valence-electron chi connectivity index (χ0n) is 16.7. The lowest BCUT2D eigenvalue weighted by Crippen LogP contribution is -2.13. The third-order valence-electron chi connectivity index (χ3n) is 4.37. The zero-order chi connectivity index (χ0) is 20.0. The fourth-order valence-corrected chi connectivity index (χ4v) is 2.81. The van der Waals surface area contributed by atoms with Gasteiger partial charge >= 0.3 is 0 Å². The first kappa shape index (κ1) is 21.5. The lowest BCUT2D eigenvalue weighted by molar-refractivity contribution is -0.0138. The number of hydrogen-bond donors (Lipinski definition) is 0. The van der Waals surface area contributed by atoms with Crippen molar-refractivity contribution in [3.05, 3.63) is 70.8 Å². The summed E-state index contributed by atoms with van der Waals surface area (Å²) in [6.07, 6.45) is 0. The highest BCUT2D eigenvalue weighted by atomic mass is 16.6. The maximum absolute atomic E-state index is 5.75. The van der Waals surface area contributed by atoms with Gasteiger partial charge in [0.25, 0.3) is 0 Å². The van der Waals surface area contributed by atoms with Crippen LogP contribution in [0.3, 0.4) is 0 Å². The van der Waals surface area contributed by atoms with Gasteiger partial charge in [0.15, 0.2) is 0 Å². The third-order valence-corrected chi connectivity index (χ3v) is 4.37. The van der Waals surface area contributed by atoms with E-state index < -0.39 is 0 Å². The Bertz CT molecular complexity index is 730. The number of ether oxygens (including phenoxy) is 5. The van der Waals surface area contributed by atoms with Crippen LogP contribution in [-0.2, 0) is 36.9 Å². The van der Waals surface area contributed by atoms with Crippen molar-refractivity contribution in [2.24, 2.45) is 0 Å². The Balaban J connectivity index is 1.69. The van der Waals surface area contributed by atoms with Gasteiger partial charge in [0, 0.05) is 11.1 Å². The Labute approximate surface area is 172 Å². The van der Waals surface area contributed by atoms with Crippen molar-refractivity contribution >= 4 is 0 Å². The van der Waals surface area contributed by atoms with Crippen molar-refractivity contribution < 1.29 is 23.7 Å². The van der Waals surface area contributed by atoms with Crippen LogP contribution in [0.1, 0.15) is 22.3 Å². The van der Waals surface area contributed by atoms with E-state index in [-0.39, 0.29) is 0 Å². The smallest absolute Gasteiger partial charge is 0.0730 e. The minimum atomic E-state index is 0.507. The summed E-state index contributed by atoms with van der Waals surface area (Å²) in [6.45, 7) is 5.36. The molecule has 3 rings (SSSR count). The summed E-state index contributed by atoms with van der Waals surface area (Å²) < 4.78 is 28.0. The fourth-order valence-electron chi connectivity index (χ4n) is 2.81. The van der Waals surface area contributed by atoms with E-state index in [1.54, 1.807) is 0 Å². The van der Waals surface area contributed by atoms with Crippen LogP contribution in [-0.4, -0.2) is 52.9 Å². The van der Waals surface area contributed by atoms with Gasteiger partial charge in [0.05, 0.1) is 66.1 Å². The van der Waals surface area contributed by atoms with Gasteiger partial charge in [0.2, 0.25) is 0 Å². The molecule has 1 aliphatic heterocycles. The average Bonchev–Trinajstić information content (AvgIpc) is 2.76. The van der Waals surface area contributed by atoms with Crippen LogP contribution in [0.4, 0.5) is 0 Å². The lowest BCUT2D eigenvalue weighted by Gasteiger charge is -2.08. The van der Waals surface area contributed by atoms with Crippen LogP contribution in [0.15, 0.2) is 48.5 Å². The summed E-state index contributed by atoms with van der Waals surface area (Å²) in [6, 6.07) is 16.1. The first-order chi connectivity index (χ1) is 14.4. The molecule has 0 spiro atoms. The van der Waals surface area contributed by atoms with E-state index in [0.29, 0.717) is 66.1 Å². The monoisotopic (exact) mass is 396 g/mol. The molecule has 5 heteroatoms. The van der Waals surface area contributed by atoms with E-state index in [4.69, 9.17) is 23.7 Å². The summed E-state index contributed by atoms with van der Waals surface area (Å²) in [4.78, 5) is 0. The molecule has 154 valence electrons. The Hall–Kier alpha value is -2.20. The second-order valence-electron chi connectivity index (χ2n) is 6.51. The van der Waals surface area contributed by atoms with E-state index in [2.05, 4.69) is 11.8 Å². The van der Waals surface area contributed by atoms with Gasteiger partial charge in [-0.15, -0.1) is 0 Å².